The lowest BCUT2D eigenvalue weighted by Crippen LogP contribution is -2.42. The Labute approximate surface area is 179 Å². The van der Waals surface area contributed by atoms with Crippen LogP contribution >= 0.6 is 0 Å². The van der Waals surface area contributed by atoms with Crippen LogP contribution in [-0.2, 0) is 4.79 Å². The summed E-state index contributed by atoms with van der Waals surface area (Å²) in [6.07, 6.45) is 3.86. The number of hydrogen-bond acceptors (Lipinski definition) is 6. The van der Waals surface area contributed by atoms with Gasteiger partial charge < -0.3 is 5.32 Å². The van der Waals surface area contributed by atoms with Crippen molar-refractivity contribution in [2.24, 2.45) is 5.41 Å². The topological polar surface area (TPSA) is 99.9 Å². The summed E-state index contributed by atoms with van der Waals surface area (Å²) in [7, 11) is 0. The normalized spacial score (nSPS) is 21.7. The molecule has 1 aliphatic heterocycles. The molecule has 2 heterocycles. The zero-order chi connectivity index (χ0) is 21.9. The van der Waals surface area contributed by atoms with E-state index >= 15 is 0 Å². The number of Topliss-reactive ketones (excluding diaryl/α,β-unsaturated/α-hetero) is 3. The van der Waals surface area contributed by atoms with E-state index in [0.29, 0.717) is 46.4 Å². The van der Waals surface area contributed by atoms with Gasteiger partial charge in [0.25, 0.3) is 0 Å². The maximum Gasteiger partial charge on any atom is 0.211 e. The summed E-state index contributed by atoms with van der Waals surface area (Å²) < 4.78 is 0. The molecule has 2 aromatic rings. The van der Waals surface area contributed by atoms with Gasteiger partial charge in [-0.05, 0) is 35.6 Å². The van der Waals surface area contributed by atoms with Gasteiger partial charge in [-0.25, -0.2) is 0 Å². The number of hydrogen-bond donors (Lipinski definition) is 1. The van der Waals surface area contributed by atoms with Gasteiger partial charge in [-0.1, -0.05) is 26.0 Å². The number of carbonyl (C=O) groups is 3. The molecule has 5 rings (SSSR count). The Morgan fingerprint density at radius 2 is 1.74 bits per heavy atom. The number of carbonyl (C=O) groups excluding carboxylic acids is 3. The SMILES string of the molecule is CC1(C)CC(=O)C2=C(C1)NC1=C(C(=O)c3ccncc3C1=O)C2c1ccc(C#N)cc1. The van der Waals surface area contributed by atoms with Crippen molar-refractivity contribution in [3.8, 4) is 6.07 Å². The molecule has 0 spiro atoms. The molecular formula is C25H19N3O3. The molecule has 1 aromatic carbocycles. The van der Waals surface area contributed by atoms with Gasteiger partial charge in [0.15, 0.2) is 11.6 Å². The lowest BCUT2D eigenvalue weighted by molar-refractivity contribution is -0.118. The van der Waals surface area contributed by atoms with Gasteiger partial charge in [0.1, 0.15) is 0 Å². The lowest BCUT2D eigenvalue weighted by atomic mass is 9.66. The van der Waals surface area contributed by atoms with Crippen LogP contribution in [-0.4, -0.2) is 22.3 Å². The minimum absolute atomic E-state index is 0.0274. The van der Waals surface area contributed by atoms with E-state index in [1.807, 2.05) is 13.8 Å². The highest BCUT2D eigenvalue weighted by Gasteiger charge is 2.47. The van der Waals surface area contributed by atoms with E-state index in [1.54, 1.807) is 30.3 Å². The third kappa shape index (κ3) is 2.85. The molecule has 0 saturated carbocycles. The maximum absolute atomic E-state index is 13.5. The van der Waals surface area contributed by atoms with E-state index < -0.39 is 5.92 Å². The van der Waals surface area contributed by atoms with Gasteiger partial charge in [0.05, 0.1) is 22.9 Å². The number of dihydropyridines is 1. The minimum Gasteiger partial charge on any atom is -0.355 e. The first-order chi connectivity index (χ1) is 14.8. The van der Waals surface area contributed by atoms with Crippen molar-refractivity contribution in [2.45, 2.75) is 32.6 Å². The Morgan fingerprint density at radius 3 is 2.45 bits per heavy atom. The van der Waals surface area contributed by atoms with Crippen LogP contribution in [0.15, 0.2) is 65.3 Å². The summed E-state index contributed by atoms with van der Waals surface area (Å²) in [6.45, 7) is 4.04. The van der Waals surface area contributed by atoms with Crippen LogP contribution < -0.4 is 5.32 Å². The summed E-state index contributed by atoms with van der Waals surface area (Å²) in [5.41, 5.74) is 3.27. The van der Waals surface area contributed by atoms with Crippen LogP contribution in [0.2, 0.25) is 0 Å². The largest absolute Gasteiger partial charge is 0.355 e. The van der Waals surface area contributed by atoms with Crippen LogP contribution in [0.3, 0.4) is 0 Å². The summed E-state index contributed by atoms with van der Waals surface area (Å²) in [4.78, 5) is 44.2. The van der Waals surface area contributed by atoms with Gasteiger partial charge in [-0.3, -0.25) is 19.4 Å². The fourth-order valence-electron chi connectivity index (χ4n) is 4.85. The molecule has 1 aromatic heterocycles. The van der Waals surface area contributed by atoms with Crippen LogP contribution in [0.5, 0.6) is 0 Å². The van der Waals surface area contributed by atoms with Crippen molar-refractivity contribution < 1.29 is 14.4 Å². The third-order valence-electron chi connectivity index (χ3n) is 6.20. The Bertz CT molecular complexity index is 1290. The number of ketones is 3. The molecule has 0 bridgehead atoms. The Morgan fingerprint density at radius 1 is 1.00 bits per heavy atom. The van der Waals surface area contributed by atoms with Gasteiger partial charge >= 0.3 is 0 Å². The van der Waals surface area contributed by atoms with Crippen molar-refractivity contribution in [3.63, 3.8) is 0 Å². The summed E-state index contributed by atoms with van der Waals surface area (Å²) in [5.74, 6) is -1.25. The van der Waals surface area contributed by atoms with Crippen molar-refractivity contribution in [1.82, 2.24) is 10.3 Å². The van der Waals surface area contributed by atoms with Crippen LogP contribution in [0, 0.1) is 16.7 Å². The van der Waals surface area contributed by atoms with Crippen molar-refractivity contribution in [3.05, 3.63) is 87.5 Å². The number of aromatic nitrogens is 1. The minimum atomic E-state index is -0.652. The predicted octanol–water partition coefficient (Wildman–Crippen LogP) is 3.62. The molecule has 31 heavy (non-hydrogen) atoms. The molecule has 1 N–H and O–H groups in total. The fraction of sp³-hybridized carbons (Fsp3) is 0.240. The molecule has 1 unspecified atom stereocenters. The van der Waals surface area contributed by atoms with E-state index in [9.17, 15) is 14.4 Å². The average Bonchev–Trinajstić information content (AvgIpc) is 2.75. The molecule has 6 nitrogen and oxygen atoms in total. The second-order valence-electron chi connectivity index (χ2n) is 8.99. The van der Waals surface area contributed by atoms with Crippen molar-refractivity contribution >= 4 is 17.3 Å². The van der Waals surface area contributed by atoms with Gasteiger partial charge in [0.2, 0.25) is 5.78 Å². The first-order valence-corrected chi connectivity index (χ1v) is 10.1. The Hall–Kier alpha value is -3.85. The number of nitrogens with one attached hydrogen (secondary N) is 1. The molecule has 3 aliphatic rings. The molecule has 2 aliphatic carbocycles. The molecule has 0 amide bonds. The van der Waals surface area contributed by atoms with Gasteiger partial charge in [-0.15, -0.1) is 0 Å². The quantitative estimate of drug-likeness (QED) is 0.772. The number of allylic oxidation sites excluding steroid dienone is 4. The zero-order valence-corrected chi connectivity index (χ0v) is 17.2. The predicted molar refractivity (Wildman–Crippen MR) is 112 cm³/mol. The summed E-state index contributed by atoms with van der Waals surface area (Å²) in [6, 6.07) is 10.5. The highest BCUT2D eigenvalue weighted by atomic mass is 16.1. The first-order valence-electron chi connectivity index (χ1n) is 10.1. The van der Waals surface area contributed by atoms with Crippen LogP contribution in [0.25, 0.3) is 0 Å². The Kier molecular flexibility index (Phi) is 4.06. The first kappa shape index (κ1) is 19.1. The van der Waals surface area contributed by atoms with Gasteiger partial charge in [0, 0.05) is 47.1 Å². The molecule has 0 radical (unpaired) electrons. The molecular weight excluding hydrogens is 390 g/mol. The zero-order valence-electron chi connectivity index (χ0n) is 17.2. The smallest absolute Gasteiger partial charge is 0.211 e. The number of nitriles is 1. The average molecular weight is 409 g/mol. The van der Waals surface area contributed by atoms with Crippen LogP contribution in [0.4, 0.5) is 0 Å². The molecule has 152 valence electrons. The number of benzene rings is 1. The summed E-state index contributed by atoms with van der Waals surface area (Å²) >= 11 is 0. The maximum atomic E-state index is 13.5. The highest BCUT2D eigenvalue weighted by molar-refractivity contribution is 6.28. The van der Waals surface area contributed by atoms with Crippen LogP contribution in [0.1, 0.15) is 64.4 Å². The molecule has 1 atom stereocenters. The van der Waals surface area contributed by atoms with E-state index in [1.165, 1.54) is 12.4 Å². The molecule has 0 saturated heterocycles. The number of rotatable bonds is 1. The van der Waals surface area contributed by atoms with Gasteiger partial charge in [-0.2, -0.15) is 5.26 Å². The van der Waals surface area contributed by atoms with E-state index in [-0.39, 0.29) is 34.0 Å². The third-order valence-corrected chi connectivity index (χ3v) is 6.20. The standard InChI is InChI=1S/C25H19N3O3/c1-25(2)9-17-20(18(29)10-25)19(14-5-3-13(11-26)4-6-14)21-22(28-17)24(31)16-12-27-8-7-15(16)23(21)30/h3-8,12,19,28H,9-10H2,1-2H3. The summed E-state index contributed by atoms with van der Waals surface area (Å²) in [5, 5.41) is 12.3. The van der Waals surface area contributed by atoms with E-state index in [4.69, 9.17) is 5.26 Å². The van der Waals surface area contributed by atoms with Crippen molar-refractivity contribution in [2.75, 3.05) is 0 Å². The monoisotopic (exact) mass is 409 g/mol. The number of fused-ring (bicyclic) bond motifs is 1. The van der Waals surface area contributed by atoms with Crippen molar-refractivity contribution in [1.29, 1.82) is 5.26 Å². The molecule has 0 fully saturated rings. The number of pyridine rings is 1. The van der Waals surface area contributed by atoms with E-state index in [0.717, 1.165) is 0 Å². The number of nitrogens with zero attached hydrogens (tertiary/aromatic N) is 2. The lowest BCUT2D eigenvalue weighted by Gasteiger charge is -2.41. The Balaban J connectivity index is 1.75. The molecule has 6 heteroatoms. The highest BCUT2D eigenvalue weighted by Crippen LogP contribution is 2.48. The van der Waals surface area contributed by atoms with E-state index in [2.05, 4.69) is 16.4 Å². The fourth-order valence-corrected chi connectivity index (χ4v) is 4.85. The second-order valence-corrected chi connectivity index (χ2v) is 8.99. The second kappa shape index (κ2) is 6.58.